The summed E-state index contributed by atoms with van der Waals surface area (Å²) in [7, 11) is 1.25. The van der Waals surface area contributed by atoms with E-state index in [-0.39, 0.29) is 11.3 Å². The lowest BCUT2D eigenvalue weighted by Gasteiger charge is -2.16. The number of hydrogen-bond donors (Lipinski definition) is 1. The standard InChI is InChI=1S/C17H16FNO4/c1-11(23-15-10-6-4-8-13(15)18)16(20)19-14-9-5-3-7-12(14)17(21)22-2/h3-11H,1-2H3,(H,19,20)/t11-/m1/s1. The van der Waals surface area contributed by atoms with E-state index in [0.717, 1.165) is 0 Å². The molecule has 0 aliphatic carbocycles. The van der Waals surface area contributed by atoms with E-state index < -0.39 is 23.8 Å². The maximum Gasteiger partial charge on any atom is 0.339 e. The van der Waals surface area contributed by atoms with Crippen LogP contribution in [0.2, 0.25) is 0 Å². The molecule has 120 valence electrons. The maximum absolute atomic E-state index is 13.5. The van der Waals surface area contributed by atoms with Crippen LogP contribution in [-0.4, -0.2) is 25.1 Å². The number of esters is 1. The Morgan fingerprint density at radius 1 is 1.09 bits per heavy atom. The van der Waals surface area contributed by atoms with Gasteiger partial charge in [-0.1, -0.05) is 24.3 Å². The average molecular weight is 317 g/mol. The minimum absolute atomic E-state index is 0.0172. The summed E-state index contributed by atoms with van der Waals surface area (Å²) in [5.74, 6) is -1.65. The van der Waals surface area contributed by atoms with Crippen molar-refractivity contribution in [1.29, 1.82) is 0 Å². The first kappa shape index (κ1) is 16.5. The minimum atomic E-state index is -0.947. The molecule has 0 radical (unpaired) electrons. The molecule has 0 unspecified atom stereocenters. The van der Waals surface area contributed by atoms with E-state index in [1.54, 1.807) is 24.3 Å². The van der Waals surface area contributed by atoms with Crippen molar-refractivity contribution in [3.8, 4) is 5.75 Å². The van der Waals surface area contributed by atoms with Crippen molar-refractivity contribution in [2.75, 3.05) is 12.4 Å². The average Bonchev–Trinajstić information content (AvgIpc) is 2.56. The van der Waals surface area contributed by atoms with Crippen LogP contribution in [0.15, 0.2) is 48.5 Å². The van der Waals surface area contributed by atoms with Gasteiger partial charge in [0.05, 0.1) is 18.4 Å². The van der Waals surface area contributed by atoms with Crippen molar-refractivity contribution < 1.29 is 23.5 Å². The van der Waals surface area contributed by atoms with Crippen LogP contribution in [-0.2, 0) is 9.53 Å². The summed E-state index contributed by atoms with van der Waals surface area (Å²) in [6.07, 6.45) is -0.947. The molecule has 0 aromatic heterocycles. The van der Waals surface area contributed by atoms with E-state index in [9.17, 15) is 14.0 Å². The van der Waals surface area contributed by atoms with Gasteiger partial charge in [-0.3, -0.25) is 4.79 Å². The van der Waals surface area contributed by atoms with Gasteiger partial charge < -0.3 is 14.8 Å². The SMILES string of the molecule is COC(=O)c1ccccc1NC(=O)[C@@H](C)Oc1ccccc1F. The second-order valence-electron chi connectivity index (χ2n) is 4.72. The molecule has 0 saturated carbocycles. The zero-order chi connectivity index (χ0) is 16.8. The minimum Gasteiger partial charge on any atom is -0.478 e. The molecule has 1 atom stereocenters. The Kier molecular flexibility index (Phi) is 5.30. The van der Waals surface area contributed by atoms with E-state index in [2.05, 4.69) is 10.1 Å². The quantitative estimate of drug-likeness (QED) is 0.861. The Hall–Kier alpha value is -2.89. The lowest BCUT2D eigenvalue weighted by Crippen LogP contribution is -2.31. The summed E-state index contributed by atoms with van der Waals surface area (Å²) in [4.78, 5) is 23.8. The Morgan fingerprint density at radius 3 is 2.43 bits per heavy atom. The van der Waals surface area contributed by atoms with Crippen molar-refractivity contribution in [3.05, 3.63) is 59.9 Å². The van der Waals surface area contributed by atoms with E-state index >= 15 is 0 Å². The summed E-state index contributed by atoms with van der Waals surface area (Å²) in [6.45, 7) is 1.49. The molecule has 2 aromatic rings. The van der Waals surface area contributed by atoms with Crippen molar-refractivity contribution in [2.45, 2.75) is 13.0 Å². The Labute approximate surface area is 133 Å². The van der Waals surface area contributed by atoms with Gasteiger partial charge in [-0.15, -0.1) is 0 Å². The third-order valence-corrected chi connectivity index (χ3v) is 3.10. The molecule has 0 aliphatic heterocycles. The van der Waals surface area contributed by atoms with Crippen molar-refractivity contribution in [1.82, 2.24) is 0 Å². The van der Waals surface area contributed by atoms with Crippen molar-refractivity contribution in [2.24, 2.45) is 0 Å². The number of carbonyl (C=O) groups excluding carboxylic acids is 2. The highest BCUT2D eigenvalue weighted by molar-refractivity contribution is 6.02. The Morgan fingerprint density at radius 2 is 1.74 bits per heavy atom. The summed E-state index contributed by atoms with van der Waals surface area (Å²) in [6, 6.07) is 12.2. The van der Waals surface area contributed by atoms with Crippen LogP contribution in [0.1, 0.15) is 17.3 Å². The Bertz CT molecular complexity index is 717. The highest BCUT2D eigenvalue weighted by atomic mass is 19.1. The summed E-state index contributed by atoms with van der Waals surface area (Å²) in [5, 5.41) is 2.58. The number of ether oxygens (including phenoxy) is 2. The fourth-order valence-electron chi connectivity index (χ4n) is 1.90. The summed E-state index contributed by atoms with van der Waals surface area (Å²) < 4.78 is 23.5. The van der Waals surface area contributed by atoms with Crippen LogP contribution < -0.4 is 10.1 Å². The predicted octanol–water partition coefficient (Wildman–Crippen LogP) is 3.02. The van der Waals surface area contributed by atoms with Crippen molar-refractivity contribution >= 4 is 17.6 Å². The van der Waals surface area contributed by atoms with Crippen LogP contribution in [0.3, 0.4) is 0 Å². The number of methoxy groups -OCH3 is 1. The third-order valence-electron chi connectivity index (χ3n) is 3.10. The zero-order valence-corrected chi connectivity index (χ0v) is 12.7. The largest absolute Gasteiger partial charge is 0.478 e. The van der Waals surface area contributed by atoms with Gasteiger partial charge in [-0.25, -0.2) is 9.18 Å². The molecule has 1 amide bonds. The second-order valence-corrected chi connectivity index (χ2v) is 4.72. The van der Waals surface area contributed by atoms with Gasteiger partial charge in [0.2, 0.25) is 0 Å². The third kappa shape index (κ3) is 4.06. The molecule has 5 nitrogen and oxygen atoms in total. The molecule has 2 aromatic carbocycles. The number of rotatable bonds is 5. The second kappa shape index (κ2) is 7.40. The van der Waals surface area contributed by atoms with E-state index in [1.165, 1.54) is 38.3 Å². The molecule has 1 N–H and O–H groups in total. The molecule has 0 fully saturated rings. The highest BCUT2D eigenvalue weighted by Gasteiger charge is 2.19. The number of anilines is 1. The molecule has 2 rings (SSSR count). The normalized spacial score (nSPS) is 11.4. The van der Waals surface area contributed by atoms with Crippen LogP contribution in [0, 0.1) is 5.82 Å². The van der Waals surface area contributed by atoms with Gasteiger partial charge in [-0.2, -0.15) is 0 Å². The van der Waals surface area contributed by atoms with Gasteiger partial charge in [0.25, 0.3) is 5.91 Å². The summed E-state index contributed by atoms with van der Waals surface area (Å²) >= 11 is 0. The molecular weight excluding hydrogens is 301 g/mol. The van der Waals surface area contributed by atoms with Gasteiger partial charge in [0, 0.05) is 0 Å². The number of carbonyl (C=O) groups is 2. The van der Waals surface area contributed by atoms with E-state index in [4.69, 9.17) is 4.74 Å². The highest BCUT2D eigenvalue weighted by Crippen LogP contribution is 2.19. The lowest BCUT2D eigenvalue weighted by molar-refractivity contribution is -0.122. The molecule has 0 heterocycles. The van der Waals surface area contributed by atoms with E-state index in [0.29, 0.717) is 5.69 Å². The van der Waals surface area contributed by atoms with Crippen LogP contribution in [0.5, 0.6) is 5.75 Å². The van der Waals surface area contributed by atoms with Crippen LogP contribution in [0.25, 0.3) is 0 Å². The molecule has 0 aliphatic rings. The molecule has 6 heteroatoms. The number of para-hydroxylation sites is 2. The van der Waals surface area contributed by atoms with Gasteiger partial charge in [-0.05, 0) is 31.2 Å². The first-order chi connectivity index (χ1) is 11.0. The fourth-order valence-corrected chi connectivity index (χ4v) is 1.90. The molecule has 0 spiro atoms. The lowest BCUT2D eigenvalue weighted by atomic mass is 10.1. The number of amides is 1. The first-order valence-electron chi connectivity index (χ1n) is 6.92. The van der Waals surface area contributed by atoms with Crippen LogP contribution >= 0.6 is 0 Å². The topological polar surface area (TPSA) is 64.6 Å². The number of halogens is 1. The first-order valence-corrected chi connectivity index (χ1v) is 6.92. The number of hydrogen-bond acceptors (Lipinski definition) is 4. The van der Waals surface area contributed by atoms with Crippen molar-refractivity contribution in [3.63, 3.8) is 0 Å². The molecular formula is C17H16FNO4. The van der Waals surface area contributed by atoms with Gasteiger partial charge >= 0.3 is 5.97 Å². The smallest absolute Gasteiger partial charge is 0.339 e. The van der Waals surface area contributed by atoms with Gasteiger partial charge in [0.15, 0.2) is 17.7 Å². The molecule has 23 heavy (non-hydrogen) atoms. The number of benzene rings is 2. The molecule has 0 saturated heterocycles. The zero-order valence-electron chi connectivity index (χ0n) is 12.7. The summed E-state index contributed by atoms with van der Waals surface area (Å²) in [5.41, 5.74) is 0.523. The fraction of sp³-hybridized carbons (Fsp3) is 0.176. The van der Waals surface area contributed by atoms with E-state index in [1.807, 2.05) is 0 Å². The predicted molar refractivity (Wildman–Crippen MR) is 82.9 cm³/mol. The Balaban J connectivity index is 2.10. The molecule has 0 bridgehead atoms. The monoisotopic (exact) mass is 317 g/mol. The van der Waals surface area contributed by atoms with Gasteiger partial charge in [0.1, 0.15) is 0 Å². The number of nitrogens with one attached hydrogen (secondary N) is 1. The maximum atomic E-state index is 13.5. The van der Waals surface area contributed by atoms with Crippen LogP contribution in [0.4, 0.5) is 10.1 Å².